The lowest BCUT2D eigenvalue weighted by molar-refractivity contribution is 0.586. The molecule has 0 amide bonds. The van der Waals surface area contributed by atoms with Gasteiger partial charge in [0.15, 0.2) is 0 Å². The first-order valence-corrected chi connectivity index (χ1v) is 6.83. The Morgan fingerprint density at radius 3 is 2.44 bits per heavy atom. The van der Waals surface area contributed by atoms with Crippen LogP contribution >= 0.6 is 23.2 Å². The van der Waals surface area contributed by atoms with Gasteiger partial charge < -0.3 is 0 Å². The van der Waals surface area contributed by atoms with Crippen molar-refractivity contribution in [1.82, 2.24) is 4.83 Å². The normalized spacial score (nSPS) is 11.9. The quantitative estimate of drug-likeness (QED) is 0.679. The van der Waals surface area contributed by atoms with Crippen LogP contribution in [0.15, 0.2) is 23.3 Å². The van der Waals surface area contributed by atoms with E-state index in [1.165, 1.54) is 13.1 Å². The number of hydrazone groups is 1. The SMILES string of the molecule is CCS(=O)(=O)NN=Cc1c(Cl)cccc1Cl. The summed E-state index contributed by atoms with van der Waals surface area (Å²) >= 11 is 11.7. The van der Waals surface area contributed by atoms with Gasteiger partial charge in [-0.05, 0) is 19.1 Å². The standard InChI is InChI=1S/C9H10Cl2N2O2S/c1-2-16(14,15)13-12-6-7-8(10)4-3-5-9(7)11/h3-6,13H,2H2,1H3. The van der Waals surface area contributed by atoms with E-state index in [1.807, 2.05) is 4.83 Å². The molecule has 0 bridgehead atoms. The van der Waals surface area contributed by atoms with Gasteiger partial charge >= 0.3 is 0 Å². The van der Waals surface area contributed by atoms with Crippen molar-refractivity contribution in [1.29, 1.82) is 0 Å². The number of hydrogen-bond acceptors (Lipinski definition) is 3. The highest BCUT2D eigenvalue weighted by Crippen LogP contribution is 2.21. The molecule has 0 aromatic heterocycles. The Labute approximate surface area is 104 Å². The zero-order chi connectivity index (χ0) is 12.2. The van der Waals surface area contributed by atoms with Crippen molar-refractivity contribution >= 4 is 39.4 Å². The third-order valence-corrected chi connectivity index (χ3v) is 3.57. The molecule has 88 valence electrons. The maximum Gasteiger partial charge on any atom is 0.247 e. The Hall–Kier alpha value is -0.780. The molecule has 0 radical (unpaired) electrons. The van der Waals surface area contributed by atoms with E-state index in [0.29, 0.717) is 15.6 Å². The Balaban J connectivity index is 2.86. The number of hydrogen-bond donors (Lipinski definition) is 1. The van der Waals surface area contributed by atoms with Crippen molar-refractivity contribution < 1.29 is 8.42 Å². The summed E-state index contributed by atoms with van der Waals surface area (Å²) in [5, 5.41) is 4.39. The largest absolute Gasteiger partial charge is 0.247 e. The van der Waals surface area contributed by atoms with E-state index >= 15 is 0 Å². The van der Waals surface area contributed by atoms with Gasteiger partial charge in [0.1, 0.15) is 0 Å². The summed E-state index contributed by atoms with van der Waals surface area (Å²) in [6, 6.07) is 4.98. The van der Waals surface area contributed by atoms with Crippen LogP contribution in [-0.4, -0.2) is 20.4 Å². The lowest BCUT2D eigenvalue weighted by atomic mass is 10.2. The van der Waals surface area contributed by atoms with Crippen LogP contribution in [-0.2, 0) is 10.0 Å². The second-order valence-electron chi connectivity index (χ2n) is 2.89. The zero-order valence-electron chi connectivity index (χ0n) is 8.44. The van der Waals surface area contributed by atoms with Gasteiger partial charge in [-0.1, -0.05) is 29.3 Å². The smallest absolute Gasteiger partial charge is 0.205 e. The number of halogens is 2. The molecule has 0 atom stereocenters. The second-order valence-corrected chi connectivity index (χ2v) is 5.69. The first-order chi connectivity index (χ1) is 7.46. The minimum absolute atomic E-state index is 0.0411. The van der Waals surface area contributed by atoms with Crippen molar-refractivity contribution in [3.05, 3.63) is 33.8 Å². The zero-order valence-corrected chi connectivity index (χ0v) is 10.8. The molecule has 0 aliphatic heterocycles. The lowest BCUT2D eigenvalue weighted by Gasteiger charge is -2.01. The Kier molecular flexibility index (Phi) is 4.58. The van der Waals surface area contributed by atoms with E-state index < -0.39 is 10.0 Å². The molecule has 1 aromatic carbocycles. The minimum atomic E-state index is -3.35. The summed E-state index contributed by atoms with van der Waals surface area (Å²) < 4.78 is 22.1. The third-order valence-electron chi connectivity index (χ3n) is 1.77. The molecule has 0 heterocycles. The Morgan fingerprint density at radius 1 is 1.38 bits per heavy atom. The van der Waals surface area contributed by atoms with Gasteiger partial charge in [0.25, 0.3) is 0 Å². The van der Waals surface area contributed by atoms with Gasteiger partial charge in [-0.3, -0.25) is 0 Å². The van der Waals surface area contributed by atoms with Crippen LogP contribution < -0.4 is 4.83 Å². The number of rotatable bonds is 4. The minimum Gasteiger partial charge on any atom is -0.205 e. The van der Waals surface area contributed by atoms with E-state index in [1.54, 1.807) is 18.2 Å². The maximum absolute atomic E-state index is 11.1. The average molecular weight is 281 g/mol. The van der Waals surface area contributed by atoms with Crippen LogP contribution in [0.3, 0.4) is 0 Å². The second kappa shape index (κ2) is 5.52. The van der Waals surface area contributed by atoms with Crippen LogP contribution in [0.5, 0.6) is 0 Å². The molecular formula is C9H10Cl2N2O2S. The first kappa shape index (κ1) is 13.3. The average Bonchev–Trinajstić information content (AvgIpc) is 2.22. The fraction of sp³-hybridized carbons (Fsp3) is 0.222. The molecule has 0 spiro atoms. The summed E-state index contributed by atoms with van der Waals surface area (Å²) in [5.41, 5.74) is 0.477. The van der Waals surface area contributed by atoms with Gasteiger partial charge in [0.2, 0.25) is 10.0 Å². The summed E-state index contributed by atoms with van der Waals surface area (Å²) in [7, 11) is -3.35. The van der Waals surface area contributed by atoms with Crippen LogP contribution in [0.25, 0.3) is 0 Å². The fourth-order valence-corrected chi connectivity index (χ4v) is 1.71. The topological polar surface area (TPSA) is 58.5 Å². The van der Waals surface area contributed by atoms with Gasteiger partial charge in [0.05, 0.1) is 22.0 Å². The van der Waals surface area contributed by atoms with Gasteiger partial charge in [-0.25, -0.2) is 13.2 Å². The van der Waals surface area contributed by atoms with Gasteiger partial charge in [0, 0.05) is 5.56 Å². The van der Waals surface area contributed by atoms with E-state index in [4.69, 9.17) is 23.2 Å². The summed E-state index contributed by atoms with van der Waals surface area (Å²) in [4.78, 5) is 2.04. The highest BCUT2D eigenvalue weighted by molar-refractivity contribution is 7.89. The number of benzene rings is 1. The maximum atomic E-state index is 11.1. The van der Waals surface area contributed by atoms with E-state index in [-0.39, 0.29) is 5.75 Å². The van der Waals surface area contributed by atoms with E-state index in [0.717, 1.165) is 0 Å². The molecule has 0 saturated heterocycles. The number of sulfonamides is 1. The molecule has 1 aromatic rings. The fourth-order valence-electron chi connectivity index (χ4n) is 0.870. The molecular weight excluding hydrogens is 271 g/mol. The predicted octanol–water partition coefficient (Wildman–Crippen LogP) is 2.27. The van der Waals surface area contributed by atoms with E-state index in [9.17, 15) is 8.42 Å². The van der Waals surface area contributed by atoms with E-state index in [2.05, 4.69) is 5.10 Å². The molecule has 0 aliphatic rings. The Bertz CT molecular complexity index is 480. The summed E-state index contributed by atoms with van der Waals surface area (Å²) in [6.07, 6.45) is 1.28. The molecule has 7 heteroatoms. The number of nitrogens with zero attached hydrogens (tertiary/aromatic N) is 1. The molecule has 4 nitrogen and oxygen atoms in total. The van der Waals surface area contributed by atoms with Crippen LogP contribution in [0, 0.1) is 0 Å². The van der Waals surface area contributed by atoms with Crippen LogP contribution in [0.4, 0.5) is 0 Å². The highest BCUT2D eigenvalue weighted by Gasteiger charge is 2.04. The van der Waals surface area contributed by atoms with Crippen molar-refractivity contribution in [2.75, 3.05) is 5.75 Å². The number of nitrogens with one attached hydrogen (secondary N) is 1. The van der Waals surface area contributed by atoms with Crippen molar-refractivity contribution in [3.63, 3.8) is 0 Å². The third kappa shape index (κ3) is 3.66. The molecule has 0 fully saturated rings. The van der Waals surface area contributed by atoms with Gasteiger partial charge in [-0.15, -0.1) is 0 Å². The van der Waals surface area contributed by atoms with Crippen molar-refractivity contribution in [3.8, 4) is 0 Å². The van der Waals surface area contributed by atoms with Crippen molar-refractivity contribution in [2.45, 2.75) is 6.92 Å². The summed E-state index contributed by atoms with van der Waals surface area (Å²) in [5.74, 6) is -0.0411. The Morgan fingerprint density at radius 2 is 1.94 bits per heavy atom. The van der Waals surface area contributed by atoms with Crippen LogP contribution in [0.2, 0.25) is 10.0 Å². The molecule has 0 aliphatic carbocycles. The predicted molar refractivity (Wildman–Crippen MR) is 66.7 cm³/mol. The van der Waals surface area contributed by atoms with Crippen LogP contribution in [0.1, 0.15) is 12.5 Å². The highest BCUT2D eigenvalue weighted by atomic mass is 35.5. The molecule has 0 unspecified atom stereocenters. The molecule has 1 rings (SSSR count). The first-order valence-electron chi connectivity index (χ1n) is 4.43. The molecule has 0 saturated carbocycles. The molecule has 16 heavy (non-hydrogen) atoms. The molecule has 1 N–H and O–H groups in total. The van der Waals surface area contributed by atoms with Gasteiger partial charge in [-0.2, -0.15) is 5.10 Å². The van der Waals surface area contributed by atoms with Crippen molar-refractivity contribution in [2.24, 2.45) is 5.10 Å². The lowest BCUT2D eigenvalue weighted by Crippen LogP contribution is -2.19. The summed E-state index contributed by atoms with van der Waals surface area (Å²) in [6.45, 7) is 1.51. The monoisotopic (exact) mass is 280 g/mol.